The Balaban J connectivity index is 2.20. The van der Waals surface area contributed by atoms with Crippen molar-refractivity contribution in [2.45, 2.75) is 26.7 Å². The van der Waals surface area contributed by atoms with Gasteiger partial charge in [-0.3, -0.25) is 5.41 Å². The lowest BCUT2D eigenvalue weighted by atomic mass is 10.3. The highest BCUT2D eigenvalue weighted by Gasteiger charge is 2.33. The van der Waals surface area contributed by atoms with Crippen LogP contribution in [0, 0.1) is 17.2 Å². The molecule has 1 fully saturated rings. The van der Waals surface area contributed by atoms with Gasteiger partial charge >= 0.3 is 0 Å². The van der Waals surface area contributed by atoms with Crippen molar-refractivity contribution in [3.05, 3.63) is 0 Å². The van der Waals surface area contributed by atoms with Crippen molar-refractivity contribution in [2.75, 3.05) is 13.6 Å². The quantitative estimate of drug-likeness (QED) is 0.488. The van der Waals surface area contributed by atoms with E-state index in [0.717, 1.165) is 30.6 Å². The average molecular weight is 154 g/mol. The van der Waals surface area contributed by atoms with E-state index < -0.39 is 0 Å². The summed E-state index contributed by atoms with van der Waals surface area (Å²) in [6.07, 6.45) is 2.22. The normalized spacial score (nSPS) is 28.3. The van der Waals surface area contributed by atoms with E-state index in [2.05, 4.69) is 11.8 Å². The Morgan fingerprint density at radius 3 is 2.55 bits per heavy atom. The molecule has 0 saturated heterocycles. The fourth-order valence-electron chi connectivity index (χ4n) is 1.39. The Labute approximate surface area is 69.1 Å². The minimum Gasteiger partial charge on any atom is -0.363 e. The summed E-state index contributed by atoms with van der Waals surface area (Å²) in [6, 6.07) is 0. The second-order valence-electron chi connectivity index (χ2n) is 3.65. The lowest BCUT2D eigenvalue weighted by molar-refractivity contribution is 0.452. The van der Waals surface area contributed by atoms with Crippen LogP contribution in [0.5, 0.6) is 0 Å². The highest BCUT2D eigenvalue weighted by Crippen LogP contribution is 2.37. The standard InChI is InChI=1S/C9H18N2/c1-4-9(10)11(3)6-8-5-7(8)2/h7-8,10H,4-6H2,1-3H3. The van der Waals surface area contributed by atoms with Gasteiger partial charge in [-0.25, -0.2) is 0 Å². The Kier molecular flexibility index (Phi) is 2.53. The number of nitrogens with one attached hydrogen (secondary N) is 1. The number of hydrogen-bond acceptors (Lipinski definition) is 1. The second-order valence-corrected chi connectivity index (χ2v) is 3.65. The fourth-order valence-corrected chi connectivity index (χ4v) is 1.39. The van der Waals surface area contributed by atoms with Gasteiger partial charge in [0.1, 0.15) is 0 Å². The van der Waals surface area contributed by atoms with Gasteiger partial charge in [0.05, 0.1) is 5.84 Å². The van der Waals surface area contributed by atoms with Gasteiger partial charge in [0.25, 0.3) is 0 Å². The van der Waals surface area contributed by atoms with Crippen LogP contribution in [0.3, 0.4) is 0 Å². The van der Waals surface area contributed by atoms with E-state index in [9.17, 15) is 0 Å². The van der Waals surface area contributed by atoms with Gasteiger partial charge in [0.2, 0.25) is 0 Å². The highest BCUT2D eigenvalue weighted by atomic mass is 15.1. The molecule has 0 radical (unpaired) electrons. The summed E-state index contributed by atoms with van der Waals surface area (Å²) in [5.41, 5.74) is 0. The zero-order valence-electron chi connectivity index (χ0n) is 7.72. The molecule has 0 aliphatic heterocycles. The third kappa shape index (κ3) is 2.21. The Bertz CT molecular complexity index is 154. The molecule has 2 unspecified atom stereocenters. The molecular formula is C9H18N2. The fraction of sp³-hybridized carbons (Fsp3) is 0.889. The van der Waals surface area contributed by atoms with Crippen molar-refractivity contribution < 1.29 is 0 Å². The molecule has 64 valence electrons. The minimum atomic E-state index is 0.768. The Hall–Kier alpha value is -0.530. The number of nitrogens with zero attached hydrogens (tertiary/aromatic N) is 1. The van der Waals surface area contributed by atoms with Crippen LogP contribution in [-0.2, 0) is 0 Å². The summed E-state index contributed by atoms with van der Waals surface area (Å²) in [7, 11) is 2.02. The van der Waals surface area contributed by atoms with E-state index in [1.807, 2.05) is 14.0 Å². The molecule has 0 heterocycles. The van der Waals surface area contributed by atoms with Crippen molar-refractivity contribution in [2.24, 2.45) is 11.8 Å². The van der Waals surface area contributed by atoms with Crippen LogP contribution >= 0.6 is 0 Å². The first-order chi connectivity index (χ1) is 5.15. The summed E-state index contributed by atoms with van der Waals surface area (Å²) in [5, 5.41) is 7.56. The van der Waals surface area contributed by atoms with Gasteiger partial charge in [-0.2, -0.15) is 0 Å². The number of amidine groups is 1. The van der Waals surface area contributed by atoms with Crippen molar-refractivity contribution in [3.8, 4) is 0 Å². The maximum atomic E-state index is 7.56. The van der Waals surface area contributed by atoms with Crippen LogP contribution in [0.25, 0.3) is 0 Å². The maximum Gasteiger partial charge on any atom is 0.0952 e. The molecule has 0 aromatic carbocycles. The first-order valence-corrected chi connectivity index (χ1v) is 4.43. The van der Waals surface area contributed by atoms with E-state index in [-0.39, 0.29) is 0 Å². The van der Waals surface area contributed by atoms with Crippen LogP contribution < -0.4 is 0 Å². The third-order valence-electron chi connectivity index (χ3n) is 2.58. The average Bonchev–Trinajstić information content (AvgIpc) is 2.65. The maximum absolute atomic E-state index is 7.56. The molecule has 2 nitrogen and oxygen atoms in total. The monoisotopic (exact) mass is 154 g/mol. The topological polar surface area (TPSA) is 27.1 Å². The highest BCUT2D eigenvalue weighted by molar-refractivity contribution is 5.78. The van der Waals surface area contributed by atoms with E-state index in [0.29, 0.717) is 0 Å². The lowest BCUT2D eigenvalue weighted by Gasteiger charge is -2.18. The van der Waals surface area contributed by atoms with E-state index >= 15 is 0 Å². The van der Waals surface area contributed by atoms with Crippen molar-refractivity contribution >= 4 is 5.84 Å². The molecule has 1 saturated carbocycles. The zero-order chi connectivity index (χ0) is 8.43. The van der Waals surface area contributed by atoms with E-state index in [1.165, 1.54) is 6.42 Å². The van der Waals surface area contributed by atoms with Gasteiger partial charge < -0.3 is 4.90 Å². The molecule has 11 heavy (non-hydrogen) atoms. The molecule has 0 aromatic heterocycles. The molecule has 1 aliphatic rings. The van der Waals surface area contributed by atoms with Gasteiger partial charge in [-0.1, -0.05) is 13.8 Å². The molecule has 1 N–H and O–H groups in total. The summed E-state index contributed by atoms with van der Waals surface area (Å²) in [5.74, 6) is 2.54. The first kappa shape index (κ1) is 8.57. The first-order valence-electron chi connectivity index (χ1n) is 4.43. The lowest BCUT2D eigenvalue weighted by Crippen LogP contribution is -2.27. The molecule has 2 atom stereocenters. The SMILES string of the molecule is CCC(=N)N(C)CC1CC1C. The molecule has 0 amide bonds. The molecule has 0 aromatic rings. The summed E-state index contributed by atoms with van der Waals surface area (Å²) in [6.45, 7) is 5.41. The van der Waals surface area contributed by atoms with Crippen LogP contribution in [0.15, 0.2) is 0 Å². The Morgan fingerprint density at radius 1 is 1.64 bits per heavy atom. The predicted molar refractivity (Wildman–Crippen MR) is 47.9 cm³/mol. The van der Waals surface area contributed by atoms with Gasteiger partial charge in [-0.15, -0.1) is 0 Å². The minimum absolute atomic E-state index is 0.768. The zero-order valence-corrected chi connectivity index (χ0v) is 7.72. The molecule has 0 spiro atoms. The number of hydrogen-bond donors (Lipinski definition) is 1. The van der Waals surface area contributed by atoms with Gasteiger partial charge in [0.15, 0.2) is 0 Å². The number of rotatable bonds is 3. The second kappa shape index (κ2) is 3.24. The smallest absolute Gasteiger partial charge is 0.0952 e. The predicted octanol–water partition coefficient (Wildman–Crippen LogP) is 1.96. The van der Waals surface area contributed by atoms with Gasteiger partial charge in [-0.05, 0) is 18.3 Å². The van der Waals surface area contributed by atoms with Crippen LogP contribution in [0.2, 0.25) is 0 Å². The summed E-state index contributed by atoms with van der Waals surface area (Å²) < 4.78 is 0. The van der Waals surface area contributed by atoms with E-state index in [1.54, 1.807) is 0 Å². The largest absolute Gasteiger partial charge is 0.363 e. The Morgan fingerprint density at radius 2 is 2.18 bits per heavy atom. The molecule has 0 bridgehead atoms. The summed E-state index contributed by atoms with van der Waals surface area (Å²) >= 11 is 0. The molecule has 2 heteroatoms. The molecule has 1 aliphatic carbocycles. The summed E-state index contributed by atoms with van der Waals surface area (Å²) in [4.78, 5) is 2.08. The van der Waals surface area contributed by atoms with Crippen LogP contribution in [0.4, 0.5) is 0 Å². The van der Waals surface area contributed by atoms with Crippen molar-refractivity contribution in [3.63, 3.8) is 0 Å². The molecule has 1 rings (SSSR count). The third-order valence-corrected chi connectivity index (χ3v) is 2.58. The van der Waals surface area contributed by atoms with Gasteiger partial charge in [0, 0.05) is 20.0 Å². The van der Waals surface area contributed by atoms with E-state index in [4.69, 9.17) is 5.41 Å². The van der Waals surface area contributed by atoms with Crippen molar-refractivity contribution in [1.29, 1.82) is 5.41 Å². The van der Waals surface area contributed by atoms with Crippen LogP contribution in [-0.4, -0.2) is 24.3 Å². The van der Waals surface area contributed by atoms with Crippen LogP contribution in [0.1, 0.15) is 26.7 Å². The molecular weight excluding hydrogens is 136 g/mol. The van der Waals surface area contributed by atoms with Crippen molar-refractivity contribution in [1.82, 2.24) is 4.90 Å².